The van der Waals surface area contributed by atoms with Crippen LogP contribution in [-0.2, 0) is 0 Å². The Morgan fingerprint density at radius 1 is 1.40 bits per heavy atom. The molecule has 0 bridgehead atoms. The van der Waals surface area contributed by atoms with Crippen LogP contribution in [-0.4, -0.2) is 0 Å². The quantitative estimate of drug-likeness (QED) is 0.588. The van der Waals surface area contributed by atoms with Crippen LogP contribution >= 0.6 is 0 Å². The van der Waals surface area contributed by atoms with Crippen molar-refractivity contribution in [3.8, 4) is 12.3 Å². The molecule has 1 aromatic carbocycles. The van der Waals surface area contributed by atoms with E-state index in [0.717, 1.165) is 19.3 Å². The minimum atomic E-state index is 0.124. The third kappa shape index (κ3) is 3.42. The van der Waals surface area contributed by atoms with Crippen molar-refractivity contribution in [3.63, 3.8) is 0 Å². The maximum absolute atomic E-state index is 6.12. The second-order valence-electron chi connectivity index (χ2n) is 4.06. The molecular weight excluding hydrogens is 182 g/mol. The molecule has 0 saturated carbocycles. The van der Waals surface area contributed by atoms with Crippen molar-refractivity contribution < 1.29 is 0 Å². The van der Waals surface area contributed by atoms with E-state index in [2.05, 4.69) is 38.0 Å². The molecule has 0 aromatic heterocycles. The first kappa shape index (κ1) is 11.8. The summed E-state index contributed by atoms with van der Waals surface area (Å²) in [6.07, 6.45) is 8.00. The van der Waals surface area contributed by atoms with Gasteiger partial charge in [-0.1, -0.05) is 23.8 Å². The third-order valence-electron chi connectivity index (χ3n) is 2.66. The summed E-state index contributed by atoms with van der Waals surface area (Å²) in [5, 5.41) is 0. The first-order valence-corrected chi connectivity index (χ1v) is 5.41. The van der Waals surface area contributed by atoms with Crippen molar-refractivity contribution in [2.45, 2.75) is 39.2 Å². The fraction of sp³-hybridized carbons (Fsp3) is 0.429. The minimum absolute atomic E-state index is 0.124. The molecule has 0 radical (unpaired) electrons. The lowest BCUT2D eigenvalue weighted by atomic mass is 9.96. The molecule has 80 valence electrons. The average Bonchev–Trinajstić information content (AvgIpc) is 2.17. The van der Waals surface area contributed by atoms with Crippen molar-refractivity contribution in [1.82, 2.24) is 0 Å². The standard InChI is InChI=1S/C14H19N/c1-4-5-6-7-14(15)13-9-8-11(2)10-12(13)3/h1,8-10,14H,5-7,15H2,2-3H3. The van der Waals surface area contributed by atoms with E-state index in [0.29, 0.717) is 0 Å². The van der Waals surface area contributed by atoms with Crippen LogP contribution in [0.3, 0.4) is 0 Å². The summed E-state index contributed by atoms with van der Waals surface area (Å²) in [5.41, 5.74) is 9.93. The molecular formula is C14H19N. The van der Waals surface area contributed by atoms with E-state index < -0.39 is 0 Å². The number of unbranched alkanes of at least 4 members (excludes halogenated alkanes) is 1. The summed E-state index contributed by atoms with van der Waals surface area (Å²) < 4.78 is 0. The Morgan fingerprint density at radius 3 is 2.73 bits per heavy atom. The Kier molecular flexibility index (Phi) is 4.39. The van der Waals surface area contributed by atoms with Crippen LogP contribution in [0.25, 0.3) is 0 Å². The summed E-state index contributed by atoms with van der Waals surface area (Å²) in [4.78, 5) is 0. The molecule has 1 unspecified atom stereocenters. The lowest BCUT2D eigenvalue weighted by Gasteiger charge is -2.14. The molecule has 1 atom stereocenters. The Balaban J connectivity index is 2.66. The maximum atomic E-state index is 6.12. The summed E-state index contributed by atoms with van der Waals surface area (Å²) >= 11 is 0. The van der Waals surface area contributed by atoms with Gasteiger partial charge >= 0.3 is 0 Å². The first-order valence-electron chi connectivity index (χ1n) is 5.41. The Morgan fingerprint density at radius 2 is 2.13 bits per heavy atom. The van der Waals surface area contributed by atoms with Gasteiger partial charge in [0.15, 0.2) is 0 Å². The van der Waals surface area contributed by atoms with E-state index in [1.54, 1.807) is 0 Å². The molecule has 1 heteroatoms. The van der Waals surface area contributed by atoms with Crippen LogP contribution in [0.2, 0.25) is 0 Å². The average molecular weight is 201 g/mol. The monoisotopic (exact) mass is 201 g/mol. The second kappa shape index (κ2) is 5.58. The number of terminal acetylenes is 1. The van der Waals surface area contributed by atoms with Crippen LogP contribution in [0.15, 0.2) is 18.2 Å². The normalized spacial score (nSPS) is 12.1. The molecule has 15 heavy (non-hydrogen) atoms. The van der Waals surface area contributed by atoms with E-state index in [4.69, 9.17) is 12.2 Å². The van der Waals surface area contributed by atoms with Gasteiger partial charge in [-0.15, -0.1) is 12.3 Å². The molecule has 0 aliphatic carbocycles. The third-order valence-corrected chi connectivity index (χ3v) is 2.66. The van der Waals surface area contributed by atoms with Gasteiger partial charge in [-0.3, -0.25) is 0 Å². The minimum Gasteiger partial charge on any atom is -0.324 e. The molecule has 1 nitrogen and oxygen atoms in total. The zero-order valence-corrected chi connectivity index (χ0v) is 9.59. The molecule has 0 spiro atoms. The SMILES string of the molecule is C#CCCCC(N)c1ccc(C)cc1C. The number of nitrogens with two attached hydrogens (primary N) is 1. The van der Waals surface area contributed by atoms with Crippen molar-refractivity contribution in [3.05, 3.63) is 34.9 Å². The Labute approximate surface area is 92.7 Å². The highest BCUT2D eigenvalue weighted by molar-refractivity contribution is 5.32. The maximum Gasteiger partial charge on any atom is 0.0297 e. The van der Waals surface area contributed by atoms with Crippen molar-refractivity contribution >= 4 is 0 Å². The van der Waals surface area contributed by atoms with Gasteiger partial charge in [-0.25, -0.2) is 0 Å². The van der Waals surface area contributed by atoms with Crippen LogP contribution in [0.4, 0.5) is 0 Å². The molecule has 2 N–H and O–H groups in total. The molecule has 0 fully saturated rings. The molecule has 0 saturated heterocycles. The van der Waals surface area contributed by atoms with Crippen LogP contribution < -0.4 is 5.73 Å². The summed E-state index contributed by atoms with van der Waals surface area (Å²) in [7, 11) is 0. The fourth-order valence-electron chi connectivity index (χ4n) is 1.82. The van der Waals surface area contributed by atoms with Gasteiger partial charge in [0.2, 0.25) is 0 Å². The lowest BCUT2D eigenvalue weighted by molar-refractivity contribution is 0.618. The number of hydrogen-bond acceptors (Lipinski definition) is 1. The predicted molar refractivity (Wildman–Crippen MR) is 65.5 cm³/mol. The van der Waals surface area contributed by atoms with E-state index in [-0.39, 0.29) is 6.04 Å². The van der Waals surface area contributed by atoms with Gasteiger partial charge in [0.1, 0.15) is 0 Å². The second-order valence-corrected chi connectivity index (χ2v) is 4.06. The van der Waals surface area contributed by atoms with Crippen LogP contribution in [0, 0.1) is 26.2 Å². The highest BCUT2D eigenvalue weighted by Crippen LogP contribution is 2.21. The number of rotatable bonds is 4. The van der Waals surface area contributed by atoms with Gasteiger partial charge in [0, 0.05) is 12.5 Å². The Bertz CT molecular complexity index is 360. The predicted octanol–water partition coefficient (Wildman–Crippen LogP) is 3.11. The van der Waals surface area contributed by atoms with Crippen molar-refractivity contribution in [2.24, 2.45) is 5.73 Å². The number of hydrogen-bond donors (Lipinski definition) is 1. The van der Waals surface area contributed by atoms with Crippen LogP contribution in [0.1, 0.15) is 42.0 Å². The van der Waals surface area contributed by atoms with Gasteiger partial charge < -0.3 is 5.73 Å². The molecule has 1 aromatic rings. The van der Waals surface area contributed by atoms with E-state index >= 15 is 0 Å². The molecule has 0 heterocycles. The zero-order valence-electron chi connectivity index (χ0n) is 9.59. The van der Waals surface area contributed by atoms with Gasteiger partial charge in [0.25, 0.3) is 0 Å². The van der Waals surface area contributed by atoms with Gasteiger partial charge in [-0.05, 0) is 37.8 Å². The molecule has 0 aliphatic rings. The summed E-state index contributed by atoms with van der Waals surface area (Å²) in [6.45, 7) is 4.21. The number of benzene rings is 1. The van der Waals surface area contributed by atoms with Crippen molar-refractivity contribution in [2.75, 3.05) is 0 Å². The van der Waals surface area contributed by atoms with E-state index in [9.17, 15) is 0 Å². The van der Waals surface area contributed by atoms with Gasteiger partial charge in [0.05, 0.1) is 0 Å². The zero-order chi connectivity index (χ0) is 11.3. The topological polar surface area (TPSA) is 26.0 Å². The highest BCUT2D eigenvalue weighted by atomic mass is 14.6. The smallest absolute Gasteiger partial charge is 0.0297 e. The van der Waals surface area contributed by atoms with Crippen molar-refractivity contribution in [1.29, 1.82) is 0 Å². The largest absolute Gasteiger partial charge is 0.324 e. The Hall–Kier alpha value is -1.26. The van der Waals surface area contributed by atoms with E-state index in [1.807, 2.05) is 0 Å². The van der Waals surface area contributed by atoms with Gasteiger partial charge in [-0.2, -0.15) is 0 Å². The lowest BCUT2D eigenvalue weighted by Crippen LogP contribution is -2.11. The summed E-state index contributed by atoms with van der Waals surface area (Å²) in [6, 6.07) is 6.55. The molecule has 0 amide bonds. The van der Waals surface area contributed by atoms with E-state index in [1.165, 1.54) is 16.7 Å². The first-order chi connectivity index (χ1) is 7.15. The molecule has 1 rings (SSSR count). The fourth-order valence-corrected chi connectivity index (χ4v) is 1.82. The number of aryl methyl sites for hydroxylation is 2. The summed E-state index contributed by atoms with van der Waals surface area (Å²) in [5.74, 6) is 2.64. The van der Waals surface area contributed by atoms with Crippen LogP contribution in [0.5, 0.6) is 0 Å². The highest BCUT2D eigenvalue weighted by Gasteiger charge is 2.07. The molecule has 0 aliphatic heterocycles.